The Balaban J connectivity index is 1.36. The van der Waals surface area contributed by atoms with Gasteiger partial charge in [0.2, 0.25) is 0 Å². The lowest BCUT2D eigenvalue weighted by atomic mass is 10.1. The van der Waals surface area contributed by atoms with Gasteiger partial charge in [-0.1, -0.05) is 6.07 Å². The fourth-order valence-electron chi connectivity index (χ4n) is 3.43. The van der Waals surface area contributed by atoms with Crippen molar-refractivity contribution in [2.45, 2.75) is 12.6 Å². The van der Waals surface area contributed by atoms with Crippen LogP contribution >= 0.6 is 0 Å². The number of nitrogens with one attached hydrogen (secondary N) is 1. The van der Waals surface area contributed by atoms with Gasteiger partial charge in [-0.15, -0.1) is 0 Å². The van der Waals surface area contributed by atoms with Gasteiger partial charge < -0.3 is 19.7 Å². The van der Waals surface area contributed by atoms with E-state index in [1.807, 2.05) is 25.5 Å². The monoisotopic (exact) mass is 424 g/mol. The Morgan fingerprint density at radius 2 is 2.26 bits per heavy atom. The maximum Gasteiger partial charge on any atom is 0.194 e. The highest BCUT2D eigenvalue weighted by Gasteiger charge is 2.25. The van der Waals surface area contributed by atoms with Crippen LogP contribution in [0.4, 0.5) is 4.39 Å². The summed E-state index contributed by atoms with van der Waals surface area (Å²) < 4.78 is 27.7. The largest absolute Gasteiger partial charge is 0.453 e. The van der Waals surface area contributed by atoms with Crippen molar-refractivity contribution in [3.8, 4) is 11.5 Å². The Kier molecular flexibility index (Phi) is 6.42. The van der Waals surface area contributed by atoms with Gasteiger partial charge >= 0.3 is 0 Å². The summed E-state index contributed by atoms with van der Waals surface area (Å²) >= 11 is 0. The number of hydrogen-bond acceptors (Lipinski definition) is 5. The minimum absolute atomic E-state index is 0.0673. The van der Waals surface area contributed by atoms with Crippen molar-refractivity contribution in [2.24, 2.45) is 12.0 Å². The molecule has 0 amide bonds. The maximum atomic E-state index is 14.5. The molecule has 0 aliphatic carbocycles. The molecule has 0 bridgehead atoms. The van der Waals surface area contributed by atoms with E-state index in [4.69, 9.17) is 9.47 Å². The smallest absolute Gasteiger partial charge is 0.194 e. The van der Waals surface area contributed by atoms with Crippen molar-refractivity contribution in [2.75, 3.05) is 26.7 Å². The SMILES string of the molecule is CN=C(NCc1ccc(Oc2cccnc2)c(F)c1)N1CCOC(c2cnn(C)c2)C1. The summed E-state index contributed by atoms with van der Waals surface area (Å²) in [6.07, 6.45) is 6.89. The normalized spacial score (nSPS) is 16.9. The van der Waals surface area contributed by atoms with Crippen LogP contribution in [0.3, 0.4) is 0 Å². The summed E-state index contributed by atoms with van der Waals surface area (Å²) in [7, 11) is 3.62. The number of aliphatic imine (C=N–C) groups is 1. The van der Waals surface area contributed by atoms with E-state index in [1.54, 1.807) is 42.3 Å². The topological polar surface area (TPSA) is 76.8 Å². The number of morpholine rings is 1. The first-order chi connectivity index (χ1) is 15.1. The number of aromatic nitrogens is 3. The Morgan fingerprint density at radius 3 is 2.97 bits per heavy atom. The number of rotatable bonds is 5. The van der Waals surface area contributed by atoms with Crippen molar-refractivity contribution in [1.29, 1.82) is 0 Å². The zero-order valence-corrected chi connectivity index (χ0v) is 17.5. The molecule has 162 valence electrons. The van der Waals surface area contributed by atoms with Crippen molar-refractivity contribution >= 4 is 5.96 Å². The first-order valence-electron chi connectivity index (χ1n) is 10.0. The summed E-state index contributed by atoms with van der Waals surface area (Å²) in [4.78, 5) is 10.5. The Hall–Kier alpha value is -3.46. The first-order valence-corrected chi connectivity index (χ1v) is 10.0. The van der Waals surface area contributed by atoms with E-state index in [0.29, 0.717) is 25.4 Å². The molecule has 31 heavy (non-hydrogen) atoms. The summed E-state index contributed by atoms with van der Waals surface area (Å²) in [6, 6.07) is 8.38. The summed E-state index contributed by atoms with van der Waals surface area (Å²) in [5.41, 5.74) is 1.82. The van der Waals surface area contributed by atoms with Crippen molar-refractivity contribution in [1.82, 2.24) is 25.0 Å². The second-order valence-electron chi connectivity index (χ2n) is 7.21. The first kappa shape index (κ1) is 20.8. The number of aryl methyl sites for hydroxylation is 1. The molecule has 1 atom stereocenters. The number of halogens is 1. The van der Waals surface area contributed by atoms with Gasteiger partial charge in [0.05, 0.1) is 25.5 Å². The zero-order chi connectivity index (χ0) is 21.6. The van der Waals surface area contributed by atoms with Crippen LogP contribution in [0.25, 0.3) is 0 Å². The number of hydrogen-bond donors (Lipinski definition) is 1. The molecule has 1 unspecified atom stereocenters. The number of benzene rings is 1. The summed E-state index contributed by atoms with van der Waals surface area (Å²) in [6.45, 7) is 2.42. The fourth-order valence-corrected chi connectivity index (χ4v) is 3.43. The van der Waals surface area contributed by atoms with E-state index in [-0.39, 0.29) is 11.9 Å². The Morgan fingerprint density at radius 1 is 1.35 bits per heavy atom. The summed E-state index contributed by atoms with van der Waals surface area (Å²) in [5, 5.41) is 7.53. The predicted molar refractivity (Wildman–Crippen MR) is 114 cm³/mol. The van der Waals surface area contributed by atoms with Gasteiger partial charge in [-0.25, -0.2) is 4.39 Å². The molecule has 9 heteroatoms. The minimum atomic E-state index is -0.429. The zero-order valence-electron chi connectivity index (χ0n) is 17.5. The van der Waals surface area contributed by atoms with Crippen LogP contribution < -0.4 is 10.1 Å². The molecule has 8 nitrogen and oxygen atoms in total. The van der Waals surface area contributed by atoms with Gasteiger partial charge in [0, 0.05) is 45.1 Å². The van der Waals surface area contributed by atoms with Crippen LogP contribution in [-0.4, -0.2) is 52.4 Å². The Labute approximate surface area is 180 Å². The third-order valence-electron chi connectivity index (χ3n) is 4.98. The van der Waals surface area contributed by atoms with E-state index >= 15 is 0 Å². The molecule has 0 spiro atoms. The fraction of sp³-hybridized carbons (Fsp3) is 0.318. The van der Waals surface area contributed by atoms with E-state index in [2.05, 4.69) is 25.3 Å². The quantitative estimate of drug-likeness (QED) is 0.501. The molecule has 1 aliphatic heterocycles. The van der Waals surface area contributed by atoms with Gasteiger partial charge in [0.1, 0.15) is 11.9 Å². The number of pyridine rings is 1. The standard InChI is InChI=1S/C22H25FN6O2/c1-24-22(29-8-9-30-21(15-29)17-12-27-28(2)14-17)26-11-16-5-6-20(19(23)10-16)31-18-4-3-7-25-13-18/h3-7,10,12-14,21H,8-9,11,15H2,1-2H3,(H,24,26). The molecular weight excluding hydrogens is 399 g/mol. The van der Waals surface area contributed by atoms with Crippen molar-refractivity contribution < 1.29 is 13.9 Å². The van der Waals surface area contributed by atoms with E-state index < -0.39 is 5.82 Å². The molecule has 2 aromatic heterocycles. The molecular formula is C22H25FN6O2. The van der Waals surface area contributed by atoms with Crippen LogP contribution in [0.5, 0.6) is 11.5 Å². The van der Waals surface area contributed by atoms with Gasteiger partial charge in [-0.05, 0) is 29.8 Å². The summed E-state index contributed by atoms with van der Waals surface area (Å²) in [5.74, 6) is 0.964. The average molecular weight is 424 g/mol. The van der Waals surface area contributed by atoms with E-state index in [1.165, 1.54) is 6.07 Å². The number of nitrogens with zero attached hydrogens (tertiary/aromatic N) is 5. The van der Waals surface area contributed by atoms with E-state index in [9.17, 15) is 4.39 Å². The second kappa shape index (κ2) is 9.57. The molecule has 1 N–H and O–H groups in total. The lowest BCUT2D eigenvalue weighted by molar-refractivity contribution is -0.00805. The molecule has 3 heterocycles. The lowest BCUT2D eigenvalue weighted by Gasteiger charge is -2.34. The highest BCUT2D eigenvalue weighted by molar-refractivity contribution is 5.80. The second-order valence-corrected chi connectivity index (χ2v) is 7.21. The van der Waals surface area contributed by atoms with Gasteiger partial charge in [0.25, 0.3) is 0 Å². The van der Waals surface area contributed by atoms with Crippen LogP contribution in [-0.2, 0) is 18.3 Å². The van der Waals surface area contributed by atoms with Crippen molar-refractivity contribution in [3.63, 3.8) is 0 Å². The van der Waals surface area contributed by atoms with E-state index in [0.717, 1.165) is 23.6 Å². The van der Waals surface area contributed by atoms with Crippen LogP contribution in [0.2, 0.25) is 0 Å². The van der Waals surface area contributed by atoms with Crippen LogP contribution in [0.15, 0.2) is 60.1 Å². The molecule has 0 radical (unpaired) electrons. The average Bonchev–Trinajstić information content (AvgIpc) is 3.23. The third kappa shape index (κ3) is 5.18. The highest BCUT2D eigenvalue weighted by atomic mass is 19.1. The third-order valence-corrected chi connectivity index (χ3v) is 4.98. The maximum absolute atomic E-state index is 14.5. The van der Waals surface area contributed by atoms with Gasteiger partial charge in [-0.3, -0.25) is 14.7 Å². The number of ether oxygens (including phenoxy) is 2. The van der Waals surface area contributed by atoms with Crippen LogP contribution in [0.1, 0.15) is 17.2 Å². The Bertz CT molecular complexity index is 1040. The molecule has 3 aromatic rings. The lowest BCUT2D eigenvalue weighted by Crippen LogP contribution is -2.47. The van der Waals surface area contributed by atoms with Gasteiger partial charge in [-0.2, -0.15) is 5.10 Å². The molecule has 4 rings (SSSR count). The van der Waals surface area contributed by atoms with Crippen molar-refractivity contribution in [3.05, 3.63) is 72.1 Å². The highest BCUT2D eigenvalue weighted by Crippen LogP contribution is 2.25. The molecule has 0 saturated carbocycles. The molecule has 1 saturated heterocycles. The number of guanidine groups is 1. The van der Waals surface area contributed by atoms with Gasteiger partial charge in [0.15, 0.2) is 17.5 Å². The molecule has 1 fully saturated rings. The molecule has 1 aliphatic rings. The predicted octanol–water partition coefficient (Wildman–Crippen LogP) is 2.90. The molecule has 1 aromatic carbocycles. The minimum Gasteiger partial charge on any atom is -0.453 e. The van der Waals surface area contributed by atoms with Crippen LogP contribution in [0, 0.1) is 5.82 Å².